The Labute approximate surface area is 103 Å². The van der Waals surface area contributed by atoms with Crippen LogP contribution < -0.4 is 0 Å². The summed E-state index contributed by atoms with van der Waals surface area (Å²) in [5.74, 6) is 0.310. The van der Waals surface area contributed by atoms with Crippen LogP contribution in [0.4, 0.5) is 0 Å². The van der Waals surface area contributed by atoms with Gasteiger partial charge >= 0.3 is 5.97 Å². The second-order valence-corrected chi connectivity index (χ2v) is 5.65. The highest BCUT2D eigenvalue weighted by molar-refractivity contribution is 5.77. The Morgan fingerprint density at radius 2 is 1.76 bits per heavy atom. The van der Waals surface area contributed by atoms with Gasteiger partial charge in [-0.3, -0.25) is 9.59 Å². The van der Waals surface area contributed by atoms with E-state index in [4.69, 9.17) is 5.11 Å². The predicted molar refractivity (Wildman–Crippen MR) is 65.6 cm³/mol. The van der Waals surface area contributed by atoms with Crippen LogP contribution in [0.15, 0.2) is 0 Å². The topological polar surface area (TPSA) is 57.6 Å². The van der Waals surface area contributed by atoms with Crippen molar-refractivity contribution >= 4 is 11.9 Å². The molecule has 4 nitrogen and oxygen atoms in total. The molecule has 0 aromatic rings. The molecule has 1 aliphatic rings. The van der Waals surface area contributed by atoms with E-state index in [-0.39, 0.29) is 18.2 Å². The normalized spacial score (nSPS) is 26.6. The number of amides is 1. The predicted octanol–water partition coefficient (Wildman–Crippen LogP) is 1.99. The van der Waals surface area contributed by atoms with Crippen LogP contribution in [0, 0.1) is 17.8 Å². The molecule has 1 N–H and O–H groups in total. The van der Waals surface area contributed by atoms with Gasteiger partial charge in [0.15, 0.2) is 0 Å². The van der Waals surface area contributed by atoms with E-state index in [1.54, 1.807) is 0 Å². The molecule has 0 spiro atoms. The molecule has 0 aromatic heterocycles. The Bertz CT molecular complexity index is 280. The number of carbonyl (C=O) groups is 2. The first kappa shape index (κ1) is 14.0. The van der Waals surface area contributed by atoms with E-state index >= 15 is 0 Å². The fourth-order valence-corrected chi connectivity index (χ4v) is 2.66. The third-order valence-electron chi connectivity index (χ3n) is 3.27. The lowest BCUT2D eigenvalue weighted by Gasteiger charge is -2.35. The van der Waals surface area contributed by atoms with Crippen LogP contribution in [-0.4, -0.2) is 35.0 Å². The Morgan fingerprint density at radius 1 is 1.24 bits per heavy atom. The van der Waals surface area contributed by atoms with E-state index in [0.29, 0.717) is 18.3 Å². The number of hydrogen-bond acceptors (Lipinski definition) is 2. The summed E-state index contributed by atoms with van der Waals surface area (Å²) in [7, 11) is 0. The molecule has 1 rings (SSSR count). The van der Waals surface area contributed by atoms with Gasteiger partial charge in [-0.25, -0.2) is 0 Å². The first-order chi connectivity index (χ1) is 7.88. The number of rotatable bonds is 4. The SMILES string of the molecule is C[C@H](CC(=O)O)CC(=O)N1C[C@@H](C)C[C@H](C)C1. The largest absolute Gasteiger partial charge is 0.481 e. The Hall–Kier alpha value is -1.06. The highest BCUT2D eigenvalue weighted by atomic mass is 16.4. The number of nitrogens with zero attached hydrogens (tertiary/aromatic N) is 1. The van der Waals surface area contributed by atoms with E-state index in [2.05, 4.69) is 13.8 Å². The Kier molecular flexibility index (Phi) is 4.97. The summed E-state index contributed by atoms with van der Waals surface area (Å²) in [4.78, 5) is 24.5. The van der Waals surface area contributed by atoms with E-state index < -0.39 is 5.97 Å². The molecule has 1 aliphatic heterocycles. The molecule has 1 amide bonds. The van der Waals surface area contributed by atoms with Gasteiger partial charge in [0, 0.05) is 25.9 Å². The fourth-order valence-electron chi connectivity index (χ4n) is 2.66. The average molecular weight is 241 g/mol. The van der Waals surface area contributed by atoms with Gasteiger partial charge in [-0.05, 0) is 24.2 Å². The first-order valence-corrected chi connectivity index (χ1v) is 6.38. The van der Waals surface area contributed by atoms with Gasteiger partial charge in [0.2, 0.25) is 5.91 Å². The van der Waals surface area contributed by atoms with Crippen LogP contribution >= 0.6 is 0 Å². The van der Waals surface area contributed by atoms with E-state index in [9.17, 15) is 9.59 Å². The molecule has 1 heterocycles. The monoisotopic (exact) mass is 241 g/mol. The zero-order valence-corrected chi connectivity index (χ0v) is 11.0. The van der Waals surface area contributed by atoms with Crippen molar-refractivity contribution in [1.29, 1.82) is 0 Å². The molecule has 4 heteroatoms. The highest BCUT2D eigenvalue weighted by Crippen LogP contribution is 2.22. The van der Waals surface area contributed by atoms with Crippen LogP contribution in [0.2, 0.25) is 0 Å². The van der Waals surface area contributed by atoms with Crippen molar-refractivity contribution in [2.24, 2.45) is 17.8 Å². The molecule has 0 bridgehead atoms. The van der Waals surface area contributed by atoms with Gasteiger partial charge in [0.05, 0.1) is 0 Å². The molecule has 0 unspecified atom stereocenters. The maximum absolute atomic E-state index is 12.0. The standard InChI is InChI=1S/C13H23NO3/c1-9(6-13(16)17)5-12(15)14-7-10(2)4-11(3)8-14/h9-11H,4-8H2,1-3H3,(H,16,17)/t9-,10-,11-/m0/s1. The van der Waals surface area contributed by atoms with Gasteiger partial charge in [0.1, 0.15) is 0 Å². The lowest BCUT2D eigenvalue weighted by molar-refractivity contribution is -0.139. The van der Waals surface area contributed by atoms with Gasteiger partial charge in [-0.1, -0.05) is 20.8 Å². The molecule has 0 aromatic carbocycles. The third-order valence-corrected chi connectivity index (χ3v) is 3.27. The van der Waals surface area contributed by atoms with Crippen molar-refractivity contribution < 1.29 is 14.7 Å². The molecule has 0 saturated carbocycles. The highest BCUT2D eigenvalue weighted by Gasteiger charge is 2.26. The zero-order valence-electron chi connectivity index (χ0n) is 11.0. The summed E-state index contributed by atoms with van der Waals surface area (Å²) in [6, 6.07) is 0. The second kappa shape index (κ2) is 6.03. The van der Waals surface area contributed by atoms with Gasteiger partial charge < -0.3 is 10.0 Å². The lowest BCUT2D eigenvalue weighted by atomic mass is 9.91. The van der Waals surface area contributed by atoms with Gasteiger partial charge in [-0.15, -0.1) is 0 Å². The maximum Gasteiger partial charge on any atom is 0.303 e. The van der Waals surface area contributed by atoms with E-state index in [0.717, 1.165) is 13.1 Å². The van der Waals surface area contributed by atoms with Crippen LogP contribution in [0.25, 0.3) is 0 Å². The molecular formula is C13H23NO3. The molecule has 0 radical (unpaired) electrons. The zero-order chi connectivity index (χ0) is 13.0. The quantitative estimate of drug-likeness (QED) is 0.819. The Balaban J connectivity index is 2.43. The number of carboxylic acids is 1. The van der Waals surface area contributed by atoms with Crippen molar-refractivity contribution in [2.45, 2.75) is 40.0 Å². The van der Waals surface area contributed by atoms with E-state index in [1.165, 1.54) is 6.42 Å². The summed E-state index contributed by atoms with van der Waals surface area (Å²) >= 11 is 0. The van der Waals surface area contributed by atoms with Crippen LogP contribution in [0.1, 0.15) is 40.0 Å². The number of piperidine rings is 1. The molecule has 98 valence electrons. The molecule has 17 heavy (non-hydrogen) atoms. The maximum atomic E-state index is 12.0. The number of carboxylic acid groups (broad SMARTS) is 1. The van der Waals surface area contributed by atoms with Crippen molar-refractivity contribution in [3.05, 3.63) is 0 Å². The van der Waals surface area contributed by atoms with Crippen LogP contribution in [-0.2, 0) is 9.59 Å². The first-order valence-electron chi connectivity index (χ1n) is 6.38. The number of hydrogen-bond donors (Lipinski definition) is 1. The summed E-state index contributed by atoms with van der Waals surface area (Å²) in [6.07, 6.45) is 1.60. The molecule has 3 atom stereocenters. The lowest BCUT2D eigenvalue weighted by Crippen LogP contribution is -2.43. The minimum Gasteiger partial charge on any atom is -0.481 e. The van der Waals surface area contributed by atoms with Crippen molar-refractivity contribution in [1.82, 2.24) is 4.90 Å². The molecule has 1 saturated heterocycles. The minimum atomic E-state index is -0.828. The smallest absolute Gasteiger partial charge is 0.303 e. The van der Waals surface area contributed by atoms with Crippen LogP contribution in [0.3, 0.4) is 0 Å². The van der Waals surface area contributed by atoms with Crippen molar-refractivity contribution in [3.8, 4) is 0 Å². The summed E-state index contributed by atoms with van der Waals surface area (Å²) in [6.45, 7) is 7.79. The minimum absolute atomic E-state index is 0.0741. The van der Waals surface area contributed by atoms with E-state index in [1.807, 2.05) is 11.8 Å². The molecule has 1 fully saturated rings. The number of likely N-dealkylation sites (tertiary alicyclic amines) is 1. The van der Waals surface area contributed by atoms with Gasteiger partial charge in [-0.2, -0.15) is 0 Å². The average Bonchev–Trinajstić information content (AvgIpc) is 2.14. The summed E-state index contributed by atoms with van der Waals surface area (Å²) in [5, 5.41) is 8.67. The van der Waals surface area contributed by atoms with Crippen LogP contribution in [0.5, 0.6) is 0 Å². The fraction of sp³-hybridized carbons (Fsp3) is 0.846. The van der Waals surface area contributed by atoms with Crippen molar-refractivity contribution in [2.75, 3.05) is 13.1 Å². The molecule has 0 aliphatic carbocycles. The Morgan fingerprint density at radius 3 is 2.24 bits per heavy atom. The number of aliphatic carboxylic acids is 1. The number of carbonyl (C=O) groups excluding carboxylic acids is 1. The molecular weight excluding hydrogens is 218 g/mol. The van der Waals surface area contributed by atoms with Gasteiger partial charge in [0.25, 0.3) is 0 Å². The third kappa shape index (κ3) is 4.75. The van der Waals surface area contributed by atoms with Crippen molar-refractivity contribution in [3.63, 3.8) is 0 Å². The second-order valence-electron chi connectivity index (χ2n) is 5.65. The summed E-state index contributed by atoms with van der Waals surface area (Å²) < 4.78 is 0. The summed E-state index contributed by atoms with van der Waals surface area (Å²) in [5.41, 5.74) is 0.